The highest BCUT2D eigenvalue weighted by Crippen LogP contribution is 2.35. The molecule has 3 N–H and O–H groups in total. The van der Waals surface area contributed by atoms with Gasteiger partial charge in [-0.2, -0.15) is 0 Å². The summed E-state index contributed by atoms with van der Waals surface area (Å²) >= 11 is 0. The number of aliphatic hydroxyl groups is 1. The van der Waals surface area contributed by atoms with Crippen molar-refractivity contribution in [2.45, 2.75) is 19.4 Å². The minimum Gasteiger partial charge on any atom is -0.496 e. The van der Waals surface area contributed by atoms with Crippen molar-refractivity contribution in [3.05, 3.63) is 47.5 Å². The Bertz CT molecular complexity index is 855. The highest BCUT2D eigenvalue weighted by Gasteiger charge is 2.25. The van der Waals surface area contributed by atoms with Gasteiger partial charge in [0.15, 0.2) is 11.5 Å². The molecule has 156 valence electrons. The van der Waals surface area contributed by atoms with Gasteiger partial charge in [-0.3, -0.25) is 4.79 Å². The van der Waals surface area contributed by atoms with Gasteiger partial charge in [-0.15, -0.1) is 0 Å². The second kappa shape index (κ2) is 9.62. The number of rotatable bonds is 7. The van der Waals surface area contributed by atoms with E-state index in [0.717, 1.165) is 18.4 Å². The van der Waals surface area contributed by atoms with Crippen LogP contribution in [0.15, 0.2) is 36.4 Å². The zero-order valence-electron chi connectivity index (χ0n) is 16.9. The number of ether oxygens (including phenoxy) is 3. The summed E-state index contributed by atoms with van der Waals surface area (Å²) in [5, 5.41) is 9.43. The van der Waals surface area contributed by atoms with Gasteiger partial charge in [0.25, 0.3) is 5.91 Å². The van der Waals surface area contributed by atoms with Crippen LogP contribution in [0.25, 0.3) is 0 Å². The molecule has 1 heterocycles. The van der Waals surface area contributed by atoms with Crippen molar-refractivity contribution < 1.29 is 24.1 Å². The first-order valence-corrected chi connectivity index (χ1v) is 9.72. The number of carbonyl (C=O) groups is 1. The Hall–Kier alpha value is -2.77. The molecule has 1 unspecified atom stereocenters. The van der Waals surface area contributed by atoms with Crippen molar-refractivity contribution in [1.29, 1.82) is 0 Å². The van der Waals surface area contributed by atoms with E-state index in [4.69, 9.17) is 19.9 Å². The molecule has 0 spiro atoms. The summed E-state index contributed by atoms with van der Waals surface area (Å²) in [5.74, 6) is 2.22. The summed E-state index contributed by atoms with van der Waals surface area (Å²) in [6, 6.07) is 10.5. The van der Waals surface area contributed by atoms with Gasteiger partial charge >= 0.3 is 0 Å². The number of carbonyl (C=O) groups excluding carboxylic acids is 1. The maximum atomic E-state index is 13.0. The molecule has 7 heteroatoms. The first-order chi connectivity index (χ1) is 14.1. The second-order valence-electron chi connectivity index (χ2n) is 7.09. The minimum atomic E-state index is -0.0771. The topological polar surface area (TPSA) is 94.2 Å². The molecule has 0 radical (unpaired) electrons. The van der Waals surface area contributed by atoms with E-state index in [1.807, 2.05) is 6.07 Å². The molecule has 1 amide bonds. The first-order valence-electron chi connectivity index (χ1n) is 9.72. The summed E-state index contributed by atoms with van der Waals surface area (Å²) in [6.45, 7) is 1.72. The van der Waals surface area contributed by atoms with Crippen molar-refractivity contribution >= 4 is 5.91 Å². The Morgan fingerprint density at radius 2 is 1.93 bits per heavy atom. The molecular formula is C22H28N2O5. The van der Waals surface area contributed by atoms with Crippen LogP contribution in [-0.4, -0.2) is 49.8 Å². The monoisotopic (exact) mass is 400 g/mol. The van der Waals surface area contributed by atoms with E-state index < -0.39 is 0 Å². The molecule has 1 fully saturated rings. The molecule has 1 aliphatic heterocycles. The predicted octanol–water partition coefficient (Wildman–Crippen LogP) is 2.80. The Morgan fingerprint density at radius 3 is 2.62 bits per heavy atom. The van der Waals surface area contributed by atoms with Gasteiger partial charge in [0.05, 0.1) is 14.2 Å². The normalized spacial score (nSPS) is 16.4. The van der Waals surface area contributed by atoms with Gasteiger partial charge in [-0.05, 0) is 43.0 Å². The number of benzene rings is 2. The largest absolute Gasteiger partial charge is 0.496 e. The van der Waals surface area contributed by atoms with Crippen molar-refractivity contribution in [2.75, 3.05) is 33.9 Å². The Labute approximate surface area is 171 Å². The third-order valence-corrected chi connectivity index (χ3v) is 5.18. The van der Waals surface area contributed by atoms with Crippen LogP contribution >= 0.6 is 0 Å². The van der Waals surface area contributed by atoms with E-state index in [1.165, 1.54) is 0 Å². The summed E-state index contributed by atoms with van der Waals surface area (Å²) < 4.78 is 16.8. The Kier molecular flexibility index (Phi) is 6.95. The lowest BCUT2D eigenvalue weighted by molar-refractivity contribution is 0.0620. The van der Waals surface area contributed by atoms with E-state index in [-0.39, 0.29) is 18.4 Å². The van der Waals surface area contributed by atoms with E-state index in [0.29, 0.717) is 48.2 Å². The smallest absolute Gasteiger partial charge is 0.254 e. The molecular weight excluding hydrogens is 372 g/mol. The van der Waals surface area contributed by atoms with Gasteiger partial charge < -0.3 is 30.0 Å². The molecule has 1 saturated heterocycles. The summed E-state index contributed by atoms with van der Waals surface area (Å²) in [7, 11) is 3.13. The average molecular weight is 400 g/mol. The lowest BCUT2D eigenvalue weighted by Gasteiger charge is -2.32. The summed E-state index contributed by atoms with van der Waals surface area (Å²) in [6.07, 6.45) is 1.83. The maximum absolute atomic E-state index is 13.0. The van der Waals surface area contributed by atoms with Gasteiger partial charge in [-0.25, -0.2) is 0 Å². The lowest BCUT2D eigenvalue weighted by Crippen LogP contribution is -2.40. The number of aliphatic hydroxyl groups excluding tert-OH is 1. The average Bonchev–Trinajstić information content (AvgIpc) is 2.78. The number of hydrogen-bond acceptors (Lipinski definition) is 6. The highest BCUT2D eigenvalue weighted by atomic mass is 16.5. The van der Waals surface area contributed by atoms with Crippen LogP contribution in [0.1, 0.15) is 28.8 Å². The van der Waals surface area contributed by atoms with Crippen LogP contribution in [0, 0.1) is 5.92 Å². The van der Waals surface area contributed by atoms with Crippen molar-refractivity contribution in [3.63, 3.8) is 0 Å². The van der Waals surface area contributed by atoms with Crippen LogP contribution in [0.2, 0.25) is 0 Å². The zero-order valence-corrected chi connectivity index (χ0v) is 16.9. The SMILES string of the molecule is COc1cc(Oc2cc(C(=O)N3CCCC(CO)C3)ccc2OC)ccc1CN. The number of nitrogens with two attached hydrogens (primary N) is 1. The fraction of sp³-hybridized carbons (Fsp3) is 0.409. The minimum absolute atomic E-state index is 0.0771. The molecule has 1 aliphatic rings. The molecule has 0 aliphatic carbocycles. The first kappa shape index (κ1) is 21.0. The van der Waals surface area contributed by atoms with E-state index in [1.54, 1.807) is 49.5 Å². The number of amides is 1. The fourth-order valence-electron chi connectivity index (χ4n) is 3.55. The molecule has 2 aromatic carbocycles. The van der Waals surface area contributed by atoms with Gasteiger partial charge in [0.2, 0.25) is 0 Å². The third kappa shape index (κ3) is 4.81. The molecule has 7 nitrogen and oxygen atoms in total. The number of likely N-dealkylation sites (tertiary alicyclic amines) is 1. The number of nitrogens with zero attached hydrogens (tertiary/aromatic N) is 1. The second-order valence-corrected chi connectivity index (χ2v) is 7.09. The Balaban J connectivity index is 1.84. The van der Waals surface area contributed by atoms with Crippen LogP contribution in [-0.2, 0) is 6.54 Å². The quantitative estimate of drug-likeness (QED) is 0.742. The van der Waals surface area contributed by atoms with Crippen LogP contribution < -0.4 is 19.9 Å². The summed E-state index contributed by atoms with van der Waals surface area (Å²) in [5.41, 5.74) is 7.11. The van der Waals surface area contributed by atoms with E-state index in [2.05, 4.69) is 0 Å². The molecule has 0 aromatic heterocycles. The van der Waals surface area contributed by atoms with Crippen LogP contribution in [0.4, 0.5) is 0 Å². The van der Waals surface area contributed by atoms with Crippen molar-refractivity contribution in [2.24, 2.45) is 11.7 Å². The van der Waals surface area contributed by atoms with Crippen molar-refractivity contribution in [1.82, 2.24) is 4.90 Å². The molecule has 1 atom stereocenters. The van der Waals surface area contributed by atoms with Crippen LogP contribution in [0.3, 0.4) is 0 Å². The van der Waals surface area contributed by atoms with Crippen LogP contribution in [0.5, 0.6) is 23.0 Å². The predicted molar refractivity (Wildman–Crippen MR) is 110 cm³/mol. The van der Waals surface area contributed by atoms with E-state index in [9.17, 15) is 9.90 Å². The van der Waals surface area contributed by atoms with E-state index >= 15 is 0 Å². The molecule has 2 aromatic rings. The number of methoxy groups -OCH3 is 2. The third-order valence-electron chi connectivity index (χ3n) is 5.18. The zero-order chi connectivity index (χ0) is 20.8. The maximum Gasteiger partial charge on any atom is 0.254 e. The highest BCUT2D eigenvalue weighted by molar-refractivity contribution is 5.95. The van der Waals surface area contributed by atoms with Crippen molar-refractivity contribution in [3.8, 4) is 23.0 Å². The molecule has 29 heavy (non-hydrogen) atoms. The van der Waals surface area contributed by atoms with Gasteiger partial charge in [0, 0.05) is 43.4 Å². The molecule has 3 rings (SSSR count). The lowest BCUT2D eigenvalue weighted by atomic mass is 9.98. The van der Waals surface area contributed by atoms with Gasteiger partial charge in [0.1, 0.15) is 11.5 Å². The fourth-order valence-corrected chi connectivity index (χ4v) is 3.55. The Morgan fingerprint density at radius 1 is 1.14 bits per heavy atom. The number of hydrogen-bond donors (Lipinski definition) is 2. The van der Waals surface area contributed by atoms with Gasteiger partial charge in [-0.1, -0.05) is 6.07 Å². The standard InChI is InChI=1S/C22H28N2O5/c1-27-19-8-6-16(22(26)24-9-3-4-15(13-24)14-25)10-21(19)29-18-7-5-17(12-23)20(11-18)28-2/h5-8,10-11,15,25H,3-4,9,12-14,23H2,1-2H3. The summed E-state index contributed by atoms with van der Waals surface area (Å²) in [4.78, 5) is 14.8. The number of piperidine rings is 1. The molecule has 0 bridgehead atoms. The molecule has 0 saturated carbocycles.